The first-order valence-corrected chi connectivity index (χ1v) is 9.25. The molecule has 1 fully saturated rings. The zero-order chi connectivity index (χ0) is 17.4. The van der Waals surface area contributed by atoms with Crippen LogP contribution < -0.4 is 10.6 Å². The van der Waals surface area contributed by atoms with Crippen LogP contribution in [0, 0.1) is 5.92 Å². The van der Waals surface area contributed by atoms with Gasteiger partial charge in [-0.25, -0.2) is 4.99 Å². The summed E-state index contributed by atoms with van der Waals surface area (Å²) in [5.74, 6) is 1.70. The first kappa shape index (κ1) is 22.2. The second-order valence-corrected chi connectivity index (χ2v) is 7.09. The second-order valence-electron chi connectivity index (χ2n) is 7.09. The summed E-state index contributed by atoms with van der Waals surface area (Å²) in [5, 5.41) is 21.4. The lowest BCUT2D eigenvalue weighted by atomic mass is 10.0. The summed E-state index contributed by atoms with van der Waals surface area (Å²) >= 11 is 0. The molecule has 0 aromatic carbocycles. The number of rotatable bonds is 8. The van der Waals surface area contributed by atoms with E-state index in [1.165, 1.54) is 38.5 Å². The fourth-order valence-corrected chi connectivity index (χ4v) is 3.26. The van der Waals surface area contributed by atoms with Crippen molar-refractivity contribution in [1.29, 1.82) is 0 Å². The van der Waals surface area contributed by atoms with Gasteiger partial charge in [-0.05, 0) is 32.6 Å². The molecule has 1 aliphatic carbocycles. The SMILES string of the molecule is CCNC(=NCC(C)(O)c1cnn(C)c1)NCCCC1CCCC1.I. The van der Waals surface area contributed by atoms with E-state index in [1.54, 1.807) is 17.8 Å². The van der Waals surface area contributed by atoms with Crippen LogP contribution in [-0.2, 0) is 12.6 Å². The molecule has 1 aromatic heterocycles. The van der Waals surface area contributed by atoms with E-state index in [9.17, 15) is 5.11 Å². The van der Waals surface area contributed by atoms with Gasteiger partial charge in [-0.3, -0.25) is 4.68 Å². The topological polar surface area (TPSA) is 74.5 Å². The molecule has 0 spiro atoms. The molecule has 0 aliphatic heterocycles. The van der Waals surface area contributed by atoms with E-state index in [4.69, 9.17) is 0 Å². The van der Waals surface area contributed by atoms with Crippen molar-refractivity contribution < 1.29 is 5.11 Å². The van der Waals surface area contributed by atoms with Crippen LogP contribution in [0.2, 0.25) is 0 Å². The number of aliphatic imine (C=N–C) groups is 1. The first-order chi connectivity index (χ1) is 11.5. The molecule has 1 atom stereocenters. The summed E-state index contributed by atoms with van der Waals surface area (Å²) in [6.07, 6.45) is 11.6. The highest BCUT2D eigenvalue weighted by Crippen LogP contribution is 2.28. The zero-order valence-electron chi connectivity index (χ0n) is 15.8. The van der Waals surface area contributed by atoms with Gasteiger partial charge in [-0.1, -0.05) is 25.7 Å². The lowest BCUT2D eigenvalue weighted by Crippen LogP contribution is -2.39. The molecule has 144 valence electrons. The lowest BCUT2D eigenvalue weighted by molar-refractivity contribution is 0.0672. The maximum Gasteiger partial charge on any atom is 0.191 e. The molecule has 0 radical (unpaired) electrons. The van der Waals surface area contributed by atoms with Crippen LogP contribution in [0.5, 0.6) is 0 Å². The largest absolute Gasteiger partial charge is 0.383 e. The van der Waals surface area contributed by atoms with Gasteiger partial charge in [0.1, 0.15) is 5.60 Å². The van der Waals surface area contributed by atoms with Crippen molar-refractivity contribution >= 4 is 29.9 Å². The van der Waals surface area contributed by atoms with Crippen LogP contribution in [0.1, 0.15) is 57.9 Å². The minimum Gasteiger partial charge on any atom is -0.383 e. The fourth-order valence-electron chi connectivity index (χ4n) is 3.26. The van der Waals surface area contributed by atoms with E-state index >= 15 is 0 Å². The quantitative estimate of drug-likeness (QED) is 0.240. The van der Waals surface area contributed by atoms with E-state index in [0.29, 0.717) is 6.54 Å². The molecule has 0 amide bonds. The maximum atomic E-state index is 10.6. The minimum absolute atomic E-state index is 0. The third-order valence-electron chi connectivity index (χ3n) is 4.77. The summed E-state index contributed by atoms with van der Waals surface area (Å²) < 4.78 is 1.69. The average Bonchev–Trinajstić information content (AvgIpc) is 3.20. The highest BCUT2D eigenvalue weighted by molar-refractivity contribution is 14.0. The Hall–Kier alpha value is -0.830. The van der Waals surface area contributed by atoms with E-state index in [0.717, 1.165) is 30.5 Å². The second kappa shape index (κ2) is 11.0. The number of hydrogen-bond donors (Lipinski definition) is 3. The molecule has 7 heteroatoms. The number of aliphatic hydroxyl groups is 1. The van der Waals surface area contributed by atoms with Crippen molar-refractivity contribution in [1.82, 2.24) is 20.4 Å². The van der Waals surface area contributed by atoms with Gasteiger partial charge < -0.3 is 15.7 Å². The van der Waals surface area contributed by atoms with Gasteiger partial charge >= 0.3 is 0 Å². The van der Waals surface area contributed by atoms with Crippen LogP contribution in [0.15, 0.2) is 17.4 Å². The summed E-state index contributed by atoms with van der Waals surface area (Å²) in [5.41, 5.74) is -0.230. The summed E-state index contributed by atoms with van der Waals surface area (Å²) in [7, 11) is 1.85. The molecule has 1 saturated carbocycles. The first-order valence-electron chi connectivity index (χ1n) is 9.25. The van der Waals surface area contributed by atoms with Crippen LogP contribution in [0.25, 0.3) is 0 Å². The van der Waals surface area contributed by atoms with Crippen LogP contribution in [0.4, 0.5) is 0 Å². The average molecular weight is 463 g/mol. The predicted octanol–water partition coefficient (Wildman–Crippen LogP) is 2.77. The highest BCUT2D eigenvalue weighted by atomic mass is 127. The number of aryl methyl sites for hydroxylation is 1. The molecule has 1 aliphatic rings. The third kappa shape index (κ3) is 7.52. The van der Waals surface area contributed by atoms with Gasteiger partial charge in [0, 0.05) is 31.9 Å². The third-order valence-corrected chi connectivity index (χ3v) is 4.77. The molecular formula is C18H34IN5O. The number of halogens is 1. The van der Waals surface area contributed by atoms with Gasteiger partial charge in [-0.2, -0.15) is 5.10 Å². The minimum atomic E-state index is -1.01. The normalized spacial score (nSPS) is 17.8. The highest BCUT2D eigenvalue weighted by Gasteiger charge is 2.24. The van der Waals surface area contributed by atoms with Crippen molar-refractivity contribution in [2.75, 3.05) is 19.6 Å². The van der Waals surface area contributed by atoms with Gasteiger partial charge in [-0.15, -0.1) is 24.0 Å². The molecule has 1 unspecified atom stereocenters. The molecule has 1 heterocycles. The van der Waals surface area contributed by atoms with Gasteiger partial charge in [0.25, 0.3) is 0 Å². The van der Waals surface area contributed by atoms with Gasteiger partial charge in [0.15, 0.2) is 5.96 Å². The summed E-state index contributed by atoms with van der Waals surface area (Å²) in [6.45, 7) is 5.86. The maximum absolute atomic E-state index is 10.6. The van der Waals surface area contributed by atoms with Crippen molar-refractivity contribution in [3.8, 4) is 0 Å². The Bertz CT molecular complexity index is 523. The van der Waals surface area contributed by atoms with Crippen molar-refractivity contribution in [3.63, 3.8) is 0 Å². The van der Waals surface area contributed by atoms with Crippen LogP contribution >= 0.6 is 24.0 Å². The molecule has 0 bridgehead atoms. The number of guanidine groups is 1. The molecule has 25 heavy (non-hydrogen) atoms. The van der Waals surface area contributed by atoms with Gasteiger partial charge in [0.05, 0.1) is 12.7 Å². The zero-order valence-corrected chi connectivity index (χ0v) is 18.1. The molecule has 1 aromatic rings. The van der Waals surface area contributed by atoms with Crippen molar-refractivity contribution in [2.45, 2.75) is 58.0 Å². The molecular weight excluding hydrogens is 429 g/mol. The molecule has 0 saturated heterocycles. The monoisotopic (exact) mass is 463 g/mol. The summed E-state index contributed by atoms with van der Waals surface area (Å²) in [4.78, 5) is 4.55. The number of aromatic nitrogens is 2. The van der Waals surface area contributed by atoms with E-state index < -0.39 is 5.60 Å². The fraction of sp³-hybridized carbons (Fsp3) is 0.778. The smallest absolute Gasteiger partial charge is 0.191 e. The number of nitrogens with zero attached hydrogens (tertiary/aromatic N) is 3. The number of hydrogen-bond acceptors (Lipinski definition) is 3. The van der Waals surface area contributed by atoms with E-state index in [2.05, 4.69) is 27.6 Å². The molecule has 2 rings (SSSR count). The standard InChI is InChI=1S/C18H33N5O.HI/c1-4-19-17(20-11-7-10-15-8-5-6-9-15)21-14-18(2,24)16-12-22-23(3)13-16;/h12-13,15,24H,4-11,14H2,1-3H3,(H2,19,20,21);1H. The lowest BCUT2D eigenvalue weighted by Gasteiger charge is -2.20. The molecule has 6 nitrogen and oxygen atoms in total. The van der Waals surface area contributed by atoms with Crippen molar-refractivity contribution in [3.05, 3.63) is 18.0 Å². The Morgan fingerprint density at radius 1 is 1.40 bits per heavy atom. The Morgan fingerprint density at radius 3 is 2.72 bits per heavy atom. The molecule has 3 N–H and O–H groups in total. The van der Waals surface area contributed by atoms with Crippen LogP contribution in [0.3, 0.4) is 0 Å². The number of nitrogens with one attached hydrogen (secondary N) is 2. The Balaban J connectivity index is 0.00000312. The van der Waals surface area contributed by atoms with Crippen molar-refractivity contribution in [2.24, 2.45) is 18.0 Å². The van der Waals surface area contributed by atoms with Crippen LogP contribution in [-0.4, -0.2) is 40.5 Å². The predicted molar refractivity (Wildman–Crippen MR) is 113 cm³/mol. The Labute approximate surface area is 168 Å². The van der Waals surface area contributed by atoms with E-state index in [-0.39, 0.29) is 24.0 Å². The van der Waals surface area contributed by atoms with E-state index in [1.807, 2.05) is 13.2 Å². The Morgan fingerprint density at radius 2 is 2.12 bits per heavy atom. The Kier molecular flexibility index (Phi) is 9.78. The summed E-state index contributed by atoms with van der Waals surface area (Å²) in [6, 6.07) is 0. The van der Waals surface area contributed by atoms with Gasteiger partial charge in [0.2, 0.25) is 0 Å².